The zero-order valence-electron chi connectivity index (χ0n) is 12.7. The molecular formula is C17H19Br2NO2. The molecule has 0 unspecified atom stereocenters. The predicted octanol–water partition coefficient (Wildman–Crippen LogP) is 5.62. The Hall–Kier alpha value is -1.20. The maximum atomic E-state index is 5.87. The number of rotatable bonds is 7. The van der Waals surface area contributed by atoms with Gasteiger partial charge in [0.05, 0.1) is 18.2 Å². The molecule has 0 aliphatic heterocycles. The average Bonchev–Trinajstić information content (AvgIpc) is 2.52. The molecule has 0 spiro atoms. The van der Waals surface area contributed by atoms with Gasteiger partial charge in [0.1, 0.15) is 11.5 Å². The Morgan fingerprint density at radius 3 is 2.45 bits per heavy atom. The van der Waals surface area contributed by atoms with Gasteiger partial charge in [-0.15, -0.1) is 0 Å². The van der Waals surface area contributed by atoms with Gasteiger partial charge in [-0.25, -0.2) is 0 Å². The minimum Gasteiger partial charge on any atom is -0.497 e. The number of hydrogen-bond acceptors (Lipinski definition) is 3. The van der Waals surface area contributed by atoms with Gasteiger partial charge >= 0.3 is 0 Å². The molecule has 3 nitrogen and oxygen atoms in total. The largest absolute Gasteiger partial charge is 0.497 e. The maximum absolute atomic E-state index is 5.87. The Morgan fingerprint density at radius 1 is 1.09 bits per heavy atom. The number of nitrogens with one attached hydrogen (secondary N) is 1. The van der Waals surface area contributed by atoms with Crippen molar-refractivity contribution in [2.45, 2.75) is 19.9 Å². The molecule has 0 bridgehead atoms. The van der Waals surface area contributed by atoms with Crippen molar-refractivity contribution in [3.05, 3.63) is 50.9 Å². The molecule has 0 fully saturated rings. The first kappa shape index (κ1) is 17.2. The highest BCUT2D eigenvalue weighted by Gasteiger charge is 2.10. The summed E-state index contributed by atoms with van der Waals surface area (Å²) in [7, 11) is 1.67. The summed E-state index contributed by atoms with van der Waals surface area (Å²) in [5.74, 6) is 1.74. The normalized spacial score (nSPS) is 10.4. The summed E-state index contributed by atoms with van der Waals surface area (Å²) in [5, 5.41) is 3.41. The molecule has 0 heterocycles. The zero-order valence-corrected chi connectivity index (χ0v) is 15.8. The van der Waals surface area contributed by atoms with Crippen molar-refractivity contribution in [3.63, 3.8) is 0 Å². The van der Waals surface area contributed by atoms with Crippen molar-refractivity contribution in [3.8, 4) is 11.5 Å². The third-order valence-electron chi connectivity index (χ3n) is 3.11. The van der Waals surface area contributed by atoms with E-state index >= 15 is 0 Å². The smallest absolute Gasteiger partial charge is 0.138 e. The molecule has 2 aromatic rings. The molecule has 2 rings (SSSR count). The summed E-state index contributed by atoms with van der Waals surface area (Å²) < 4.78 is 13.0. The van der Waals surface area contributed by atoms with Crippen LogP contribution in [0, 0.1) is 0 Å². The summed E-state index contributed by atoms with van der Waals surface area (Å²) in [5.41, 5.74) is 2.14. The quantitative estimate of drug-likeness (QED) is 0.620. The number of anilines is 1. The van der Waals surface area contributed by atoms with Crippen molar-refractivity contribution in [2.24, 2.45) is 0 Å². The van der Waals surface area contributed by atoms with Crippen LogP contribution in [0.2, 0.25) is 0 Å². The fourth-order valence-electron chi connectivity index (χ4n) is 2.02. The Kier molecular flexibility index (Phi) is 6.58. The minimum absolute atomic E-state index is 0.684. The van der Waals surface area contributed by atoms with Gasteiger partial charge in [0.2, 0.25) is 0 Å². The molecule has 1 N–H and O–H groups in total. The fourth-order valence-corrected chi connectivity index (χ4v) is 3.45. The number of hydrogen-bond donors (Lipinski definition) is 1. The number of halogens is 2. The lowest BCUT2D eigenvalue weighted by Crippen LogP contribution is -2.05. The van der Waals surface area contributed by atoms with Crippen molar-refractivity contribution in [1.82, 2.24) is 0 Å². The third-order valence-corrected chi connectivity index (χ3v) is 4.16. The summed E-state index contributed by atoms with van der Waals surface area (Å²) >= 11 is 7.10. The molecule has 0 amide bonds. The van der Waals surface area contributed by atoms with Crippen molar-refractivity contribution in [2.75, 3.05) is 19.0 Å². The minimum atomic E-state index is 0.684. The van der Waals surface area contributed by atoms with E-state index in [1.165, 1.54) is 0 Å². The van der Waals surface area contributed by atoms with E-state index in [0.29, 0.717) is 13.2 Å². The van der Waals surface area contributed by atoms with E-state index < -0.39 is 0 Å². The summed E-state index contributed by atoms with van der Waals surface area (Å²) in [4.78, 5) is 0. The van der Waals surface area contributed by atoms with E-state index in [0.717, 1.165) is 38.1 Å². The van der Waals surface area contributed by atoms with Crippen LogP contribution < -0.4 is 14.8 Å². The van der Waals surface area contributed by atoms with Crippen LogP contribution >= 0.6 is 31.9 Å². The molecule has 0 aliphatic carbocycles. The molecular weight excluding hydrogens is 410 g/mol. The van der Waals surface area contributed by atoms with Gasteiger partial charge in [-0.05, 0) is 58.7 Å². The molecule has 2 aromatic carbocycles. The van der Waals surface area contributed by atoms with Gasteiger partial charge in [0.25, 0.3) is 0 Å². The van der Waals surface area contributed by atoms with E-state index in [1.807, 2.05) is 30.3 Å². The first-order chi connectivity index (χ1) is 10.6. The maximum Gasteiger partial charge on any atom is 0.138 e. The van der Waals surface area contributed by atoms with Crippen LogP contribution in [0.1, 0.15) is 18.9 Å². The molecule has 22 heavy (non-hydrogen) atoms. The molecule has 0 aliphatic rings. The van der Waals surface area contributed by atoms with Gasteiger partial charge in [-0.1, -0.05) is 22.9 Å². The zero-order chi connectivity index (χ0) is 15.9. The van der Waals surface area contributed by atoms with Crippen LogP contribution in [0.5, 0.6) is 11.5 Å². The van der Waals surface area contributed by atoms with Crippen LogP contribution in [-0.2, 0) is 6.54 Å². The molecule has 0 saturated carbocycles. The van der Waals surface area contributed by atoms with Gasteiger partial charge in [-0.2, -0.15) is 0 Å². The first-order valence-corrected chi connectivity index (χ1v) is 8.71. The SMILES string of the molecule is CCCOc1c(Br)cc(Br)cc1CNc1ccc(OC)cc1. The van der Waals surface area contributed by atoms with Crippen LogP contribution in [0.4, 0.5) is 5.69 Å². The Balaban J connectivity index is 2.13. The van der Waals surface area contributed by atoms with Crippen LogP contribution in [0.15, 0.2) is 45.3 Å². The highest BCUT2D eigenvalue weighted by atomic mass is 79.9. The Labute approximate surface area is 148 Å². The van der Waals surface area contributed by atoms with Crippen molar-refractivity contribution >= 4 is 37.5 Å². The number of benzene rings is 2. The molecule has 0 saturated heterocycles. The summed E-state index contributed by atoms with van der Waals surface area (Å²) in [6.07, 6.45) is 0.980. The lowest BCUT2D eigenvalue weighted by atomic mass is 10.2. The van der Waals surface area contributed by atoms with Crippen molar-refractivity contribution < 1.29 is 9.47 Å². The van der Waals surface area contributed by atoms with Gasteiger partial charge in [-0.3, -0.25) is 0 Å². The van der Waals surface area contributed by atoms with Crippen LogP contribution in [-0.4, -0.2) is 13.7 Å². The highest BCUT2D eigenvalue weighted by molar-refractivity contribution is 9.11. The lowest BCUT2D eigenvalue weighted by molar-refractivity contribution is 0.312. The van der Waals surface area contributed by atoms with Crippen molar-refractivity contribution in [1.29, 1.82) is 0 Å². The third kappa shape index (κ3) is 4.65. The number of ether oxygens (including phenoxy) is 2. The molecule has 5 heteroatoms. The monoisotopic (exact) mass is 427 g/mol. The molecule has 0 aromatic heterocycles. The van der Waals surface area contributed by atoms with Crippen LogP contribution in [0.25, 0.3) is 0 Å². The predicted molar refractivity (Wildman–Crippen MR) is 97.9 cm³/mol. The van der Waals surface area contributed by atoms with E-state index in [4.69, 9.17) is 9.47 Å². The second kappa shape index (κ2) is 8.44. The van der Waals surface area contributed by atoms with E-state index in [-0.39, 0.29) is 0 Å². The summed E-state index contributed by atoms with van der Waals surface area (Å²) in [6, 6.07) is 12.0. The average molecular weight is 429 g/mol. The Bertz CT molecular complexity index is 615. The summed E-state index contributed by atoms with van der Waals surface area (Å²) in [6.45, 7) is 3.49. The number of methoxy groups -OCH3 is 1. The second-order valence-corrected chi connectivity index (χ2v) is 6.58. The van der Waals surface area contributed by atoms with E-state index in [2.05, 4.69) is 50.2 Å². The molecule has 0 atom stereocenters. The Morgan fingerprint density at radius 2 is 1.82 bits per heavy atom. The van der Waals surface area contributed by atoms with Crippen LogP contribution in [0.3, 0.4) is 0 Å². The van der Waals surface area contributed by atoms with Gasteiger partial charge in [0, 0.05) is 22.3 Å². The fraction of sp³-hybridized carbons (Fsp3) is 0.294. The van der Waals surface area contributed by atoms with Gasteiger partial charge in [0.15, 0.2) is 0 Å². The second-order valence-electron chi connectivity index (χ2n) is 4.81. The lowest BCUT2D eigenvalue weighted by Gasteiger charge is -2.15. The molecule has 0 radical (unpaired) electrons. The van der Waals surface area contributed by atoms with E-state index in [9.17, 15) is 0 Å². The molecule has 118 valence electrons. The highest BCUT2D eigenvalue weighted by Crippen LogP contribution is 2.33. The topological polar surface area (TPSA) is 30.5 Å². The standard InChI is InChI=1S/C17H19Br2NO2/c1-3-8-22-17-12(9-13(18)10-16(17)19)11-20-14-4-6-15(21-2)7-5-14/h4-7,9-10,20H,3,8,11H2,1-2H3. The van der Waals surface area contributed by atoms with E-state index in [1.54, 1.807) is 7.11 Å². The first-order valence-electron chi connectivity index (χ1n) is 7.12. The van der Waals surface area contributed by atoms with Gasteiger partial charge < -0.3 is 14.8 Å².